The summed E-state index contributed by atoms with van der Waals surface area (Å²) in [6, 6.07) is -0.848. The minimum Gasteiger partial charge on any atom is -0.465 e. The highest BCUT2D eigenvalue weighted by Crippen LogP contribution is 2.42. The number of hydrogen-bond donors (Lipinski definition) is 1. The van der Waals surface area contributed by atoms with Gasteiger partial charge >= 0.3 is 18.0 Å². The van der Waals surface area contributed by atoms with Gasteiger partial charge in [-0.2, -0.15) is 0 Å². The summed E-state index contributed by atoms with van der Waals surface area (Å²) >= 11 is 0. The van der Waals surface area contributed by atoms with Crippen molar-refractivity contribution >= 4 is 18.0 Å². The lowest BCUT2D eigenvalue weighted by Crippen LogP contribution is -2.59. The number of amides is 1. The highest BCUT2D eigenvalue weighted by Gasteiger charge is 2.47. The monoisotopic (exact) mass is 440 g/mol. The van der Waals surface area contributed by atoms with E-state index in [1.807, 2.05) is 0 Å². The van der Waals surface area contributed by atoms with Crippen LogP contribution < -0.4 is 0 Å². The lowest BCUT2D eigenvalue weighted by molar-refractivity contribution is -0.156. The summed E-state index contributed by atoms with van der Waals surface area (Å²) in [6.45, 7) is 5.08. The fourth-order valence-corrected chi connectivity index (χ4v) is 5.58. The molecule has 3 fully saturated rings. The predicted molar refractivity (Wildman–Crippen MR) is 111 cm³/mol. The normalized spacial score (nSPS) is 33.9. The van der Waals surface area contributed by atoms with Crippen LogP contribution in [0.2, 0.25) is 0 Å². The van der Waals surface area contributed by atoms with E-state index >= 15 is 0 Å². The number of aliphatic hydroxyl groups excluding tert-OH is 1. The van der Waals surface area contributed by atoms with E-state index in [0.29, 0.717) is 39.0 Å². The van der Waals surface area contributed by atoms with Crippen LogP contribution in [-0.2, 0) is 23.8 Å². The molecule has 0 bridgehead atoms. The first-order valence-electron chi connectivity index (χ1n) is 11.5. The Morgan fingerprint density at radius 1 is 0.871 bits per heavy atom. The molecule has 3 rings (SSSR count). The Morgan fingerprint density at radius 3 is 2.19 bits per heavy atom. The van der Waals surface area contributed by atoms with Crippen molar-refractivity contribution in [3.05, 3.63) is 0 Å². The third-order valence-corrected chi connectivity index (χ3v) is 7.04. The maximum atomic E-state index is 12.6. The molecule has 0 aromatic carbocycles. The van der Waals surface area contributed by atoms with E-state index in [4.69, 9.17) is 14.2 Å². The second-order valence-electron chi connectivity index (χ2n) is 8.81. The fourth-order valence-electron chi connectivity index (χ4n) is 5.58. The fraction of sp³-hybridized carbons (Fsp3) is 0.864. The number of hydrogen-bond acceptors (Lipinski definition) is 8. The Kier molecular flexibility index (Phi) is 8.16. The van der Waals surface area contributed by atoms with E-state index in [1.54, 1.807) is 13.8 Å². The molecule has 0 aromatic rings. The van der Waals surface area contributed by atoms with E-state index in [2.05, 4.69) is 4.90 Å². The number of β-amino-alcohol motifs (C(OH)–C–C–N with tert-alkyl or cyclic N) is 1. The summed E-state index contributed by atoms with van der Waals surface area (Å²) in [6.07, 6.45) is 3.35. The first kappa shape index (κ1) is 23.8. The van der Waals surface area contributed by atoms with E-state index in [1.165, 1.54) is 12.0 Å². The van der Waals surface area contributed by atoms with Gasteiger partial charge in [0.2, 0.25) is 0 Å². The van der Waals surface area contributed by atoms with Crippen LogP contribution in [0.15, 0.2) is 0 Å². The number of fused-ring (bicyclic) bond motifs is 1. The van der Waals surface area contributed by atoms with Crippen molar-refractivity contribution in [2.45, 2.75) is 76.6 Å². The van der Waals surface area contributed by atoms with Crippen LogP contribution in [0.25, 0.3) is 0 Å². The molecule has 0 radical (unpaired) electrons. The van der Waals surface area contributed by atoms with Crippen LogP contribution in [0.3, 0.4) is 0 Å². The largest absolute Gasteiger partial charge is 0.465 e. The number of carbonyl (C=O) groups excluding carboxylic acids is 3. The SMILES string of the molecule is CCOC(=O)C1CC2CC(N3C[C@H](O)CCC3C(=O)OCC)CCC2CN1C(=O)OC. The number of nitrogens with zero attached hydrogens (tertiary/aromatic N) is 2. The average Bonchev–Trinajstić information content (AvgIpc) is 2.77. The quantitative estimate of drug-likeness (QED) is 0.507. The van der Waals surface area contributed by atoms with Crippen molar-refractivity contribution in [3.63, 3.8) is 0 Å². The number of piperidine rings is 2. The van der Waals surface area contributed by atoms with Crippen molar-refractivity contribution in [3.8, 4) is 0 Å². The van der Waals surface area contributed by atoms with Gasteiger partial charge in [-0.1, -0.05) is 0 Å². The third-order valence-electron chi connectivity index (χ3n) is 7.04. The van der Waals surface area contributed by atoms with Crippen molar-refractivity contribution < 1.29 is 33.7 Å². The van der Waals surface area contributed by atoms with Gasteiger partial charge < -0.3 is 19.3 Å². The highest BCUT2D eigenvalue weighted by molar-refractivity contribution is 5.81. The summed E-state index contributed by atoms with van der Waals surface area (Å²) in [4.78, 5) is 41.0. The first-order chi connectivity index (χ1) is 14.9. The molecule has 2 saturated heterocycles. The molecule has 1 N–H and O–H groups in total. The number of rotatable bonds is 5. The van der Waals surface area contributed by atoms with Crippen LogP contribution in [0.5, 0.6) is 0 Å². The Hall–Kier alpha value is -1.87. The highest BCUT2D eigenvalue weighted by atomic mass is 16.6. The van der Waals surface area contributed by atoms with Crippen LogP contribution in [-0.4, -0.2) is 90.6 Å². The predicted octanol–water partition coefficient (Wildman–Crippen LogP) is 1.56. The van der Waals surface area contributed by atoms with E-state index in [9.17, 15) is 19.5 Å². The number of likely N-dealkylation sites (tertiary alicyclic amines) is 2. The molecule has 2 heterocycles. The van der Waals surface area contributed by atoms with Crippen LogP contribution in [0, 0.1) is 11.8 Å². The van der Waals surface area contributed by atoms with Crippen molar-refractivity contribution in [2.24, 2.45) is 11.8 Å². The standard InChI is InChI=1S/C22H36N2O7/c1-4-30-20(26)18-9-8-17(25)13-23(18)16-7-6-14-12-24(22(28)29-3)19(11-15(14)10-16)21(27)31-5-2/h14-19,25H,4-13H2,1-3H3/t14?,15?,16?,17-,18?,19?/m1/s1. The van der Waals surface area contributed by atoms with Crippen LogP contribution in [0.4, 0.5) is 4.79 Å². The third kappa shape index (κ3) is 5.31. The van der Waals surface area contributed by atoms with Gasteiger partial charge in [0.1, 0.15) is 12.1 Å². The van der Waals surface area contributed by atoms with E-state index < -0.39 is 24.2 Å². The van der Waals surface area contributed by atoms with Gasteiger partial charge in [0.05, 0.1) is 26.4 Å². The number of carbonyl (C=O) groups is 3. The molecule has 31 heavy (non-hydrogen) atoms. The molecule has 0 spiro atoms. The second kappa shape index (κ2) is 10.6. The topological polar surface area (TPSA) is 106 Å². The van der Waals surface area contributed by atoms with Crippen molar-refractivity contribution in [1.29, 1.82) is 0 Å². The van der Waals surface area contributed by atoms with E-state index in [0.717, 1.165) is 19.3 Å². The maximum absolute atomic E-state index is 12.6. The number of aliphatic hydroxyl groups is 1. The van der Waals surface area contributed by atoms with Crippen LogP contribution in [0.1, 0.15) is 52.4 Å². The molecule has 9 nitrogen and oxygen atoms in total. The lowest BCUT2D eigenvalue weighted by Gasteiger charge is -2.50. The van der Waals surface area contributed by atoms with Crippen molar-refractivity contribution in [1.82, 2.24) is 9.80 Å². The second-order valence-corrected chi connectivity index (χ2v) is 8.81. The summed E-state index contributed by atoms with van der Waals surface area (Å²) in [5, 5.41) is 10.3. The van der Waals surface area contributed by atoms with Crippen LogP contribution >= 0.6 is 0 Å². The van der Waals surface area contributed by atoms with Gasteiger partial charge in [0.25, 0.3) is 0 Å². The van der Waals surface area contributed by atoms with Crippen molar-refractivity contribution in [2.75, 3.05) is 33.4 Å². The number of ether oxygens (including phenoxy) is 3. The molecular formula is C22H36N2O7. The molecule has 3 aliphatic rings. The van der Waals surface area contributed by atoms with Gasteiger partial charge in [-0.25, -0.2) is 9.59 Å². The Balaban J connectivity index is 1.74. The lowest BCUT2D eigenvalue weighted by atomic mass is 9.70. The molecule has 176 valence electrons. The Bertz CT molecular complexity index is 658. The first-order valence-corrected chi connectivity index (χ1v) is 11.5. The van der Waals surface area contributed by atoms with Gasteiger partial charge in [0.15, 0.2) is 0 Å². The molecule has 9 heteroatoms. The summed E-state index contributed by atoms with van der Waals surface area (Å²) < 4.78 is 15.4. The smallest absolute Gasteiger partial charge is 0.410 e. The Labute approximate surface area is 184 Å². The molecule has 6 atom stereocenters. The molecule has 2 aliphatic heterocycles. The van der Waals surface area contributed by atoms with Gasteiger partial charge in [-0.3, -0.25) is 14.6 Å². The molecule has 5 unspecified atom stereocenters. The molecule has 1 amide bonds. The molecule has 0 aromatic heterocycles. The zero-order valence-corrected chi connectivity index (χ0v) is 18.8. The molecule has 1 saturated carbocycles. The zero-order chi connectivity index (χ0) is 22.5. The molecule has 1 aliphatic carbocycles. The summed E-state index contributed by atoms with van der Waals surface area (Å²) in [7, 11) is 1.32. The van der Waals surface area contributed by atoms with Gasteiger partial charge in [-0.15, -0.1) is 0 Å². The Morgan fingerprint density at radius 2 is 1.55 bits per heavy atom. The number of esters is 2. The van der Waals surface area contributed by atoms with Gasteiger partial charge in [-0.05, 0) is 64.2 Å². The van der Waals surface area contributed by atoms with Gasteiger partial charge in [0, 0.05) is 19.1 Å². The minimum atomic E-state index is -0.653. The summed E-state index contributed by atoms with van der Waals surface area (Å²) in [5.41, 5.74) is 0. The summed E-state index contributed by atoms with van der Waals surface area (Å²) in [5.74, 6) is -0.111. The minimum absolute atomic E-state index is 0.137. The molecular weight excluding hydrogens is 404 g/mol. The average molecular weight is 441 g/mol. The maximum Gasteiger partial charge on any atom is 0.410 e. The van der Waals surface area contributed by atoms with E-state index in [-0.39, 0.29) is 36.5 Å². The number of methoxy groups -OCH3 is 1. The zero-order valence-electron chi connectivity index (χ0n) is 18.8.